The summed E-state index contributed by atoms with van der Waals surface area (Å²) in [4.78, 5) is 17.9. The number of halogens is 1. The van der Waals surface area contributed by atoms with Crippen LogP contribution in [0.25, 0.3) is 0 Å². The third-order valence-corrected chi connectivity index (χ3v) is 4.83. The van der Waals surface area contributed by atoms with E-state index in [9.17, 15) is 14.3 Å². The molecule has 2 fully saturated rings. The molecule has 1 aliphatic heterocycles. The molecule has 2 heterocycles. The van der Waals surface area contributed by atoms with E-state index < -0.39 is 11.4 Å². The molecule has 0 radical (unpaired) electrons. The smallest absolute Gasteiger partial charge is 0.257 e. The van der Waals surface area contributed by atoms with Crippen molar-refractivity contribution in [2.75, 3.05) is 18.8 Å². The van der Waals surface area contributed by atoms with Crippen molar-refractivity contribution in [1.29, 1.82) is 0 Å². The van der Waals surface area contributed by atoms with Crippen molar-refractivity contribution < 1.29 is 14.3 Å². The highest BCUT2D eigenvalue weighted by Gasteiger charge is 2.44. The second-order valence-corrected chi connectivity index (χ2v) is 6.13. The number of carbonyl (C=O) groups is 1. The molecule has 5 nitrogen and oxygen atoms in total. The van der Waals surface area contributed by atoms with Crippen molar-refractivity contribution in [2.24, 2.45) is 5.92 Å². The molecule has 2 atom stereocenters. The standard InChI is InChI=1S/C15H20FN3O2/c16-11-7-12(13(17)18-8-11)14(20)19-6-5-15(21)4-2-1-3-10(15)9-19/h7-8,10,21H,1-6,9H2,(H2,17,18). The molecule has 0 bridgehead atoms. The predicted octanol–water partition coefficient (Wildman–Crippen LogP) is 1.57. The van der Waals surface area contributed by atoms with E-state index >= 15 is 0 Å². The zero-order chi connectivity index (χ0) is 15.0. The van der Waals surface area contributed by atoms with Crippen molar-refractivity contribution in [3.8, 4) is 0 Å². The minimum absolute atomic E-state index is 0.0471. The maximum atomic E-state index is 13.3. The first-order chi connectivity index (χ1) is 9.99. The summed E-state index contributed by atoms with van der Waals surface area (Å²) in [5.41, 5.74) is 5.15. The number of nitrogens with zero attached hydrogens (tertiary/aromatic N) is 2. The van der Waals surface area contributed by atoms with Gasteiger partial charge < -0.3 is 15.7 Å². The first-order valence-corrected chi connectivity index (χ1v) is 7.42. The number of fused-ring (bicyclic) bond motifs is 1. The van der Waals surface area contributed by atoms with Crippen LogP contribution in [0.4, 0.5) is 10.2 Å². The van der Waals surface area contributed by atoms with Gasteiger partial charge in [-0.2, -0.15) is 0 Å². The Kier molecular flexibility index (Phi) is 3.57. The third kappa shape index (κ3) is 2.60. The summed E-state index contributed by atoms with van der Waals surface area (Å²) < 4.78 is 13.3. The quantitative estimate of drug-likeness (QED) is 0.823. The summed E-state index contributed by atoms with van der Waals surface area (Å²) in [6, 6.07) is 1.13. The van der Waals surface area contributed by atoms with E-state index in [2.05, 4.69) is 4.98 Å². The summed E-state index contributed by atoms with van der Waals surface area (Å²) in [5.74, 6) is -0.719. The fourth-order valence-corrected chi connectivity index (χ4v) is 3.55. The molecule has 1 aromatic rings. The number of pyridine rings is 1. The van der Waals surface area contributed by atoms with Gasteiger partial charge in [-0.1, -0.05) is 12.8 Å². The van der Waals surface area contributed by atoms with E-state index in [1.165, 1.54) is 0 Å². The molecule has 3 N–H and O–H groups in total. The number of likely N-dealkylation sites (tertiary alicyclic amines) is 1. The molecule has 1 saturated heterocycles. The van der Waals surface area contributed by atoms with E-state index in [1.807, 2.05) is 0 Å². The highest BCUT2D eigenvalue weighted by Crippen LogP contribution is 2.40. The molecule has 0 spiro atoms. The van der Waals surface area contributed by atoms with Crippen LogP contribution in [-0.4, -0.2) is 39.6 Å². The number of rotatable bonds is 1. The lowest BCUT2D eigenvalue weighted by atomic mass is 9.71. The average molecular weight is 293 g/mol. The molecule has 114 valence electrons. The monoisotopic (exact) mass is 293 g/mol. The van der Waals surface area contributed by atoms with Gasteiger partial charge in [0.2, 0.25) is 0 Å². The maximum absolute atomic E-state index is 13.3. The molecule has 1 saturated carbocycles. The van der Waals surface area contributed by atoms with Gasteiger partial charge >= 0.3 is 0 Å². The zero-order valence-corrected chi connectivity index (χ0v) is 11.9. The Balaban J connectivity index is 1.79. The second kappa shape index (κ2) is 5.26. The molecule has 0 aromatic carbocycles. The van der Waals surface area contributed by atoms with Crippen LogP contribution in [0.5, 0.6) is 0 Å². The average Bonchev–Trinajstić information content (AvgIpc) is 2.48. The largest absolute Gasteiger partial charge is 0.389 e. The Labute approximate surface area is 123 Å². The van der Waals surface area contributed by atoms with Crippen molar-refractivity contribution in [3.05, 3.63) is 23.6 Å². The molecule has 1 amide bonds. The number of nitrogen functional groups attached to an aromatic ring is 1. The summed E-state index contributed by atoms with van der Waals surface area (Å²) in [6.45, 7) is 0.979. The molecule has 1 aromatic heterocycles. The number of piperidine rings is 1. The van der Waals surface area contributed by atoms with Crippen molar-refractivity contribution >= 4 is 11.7 Å². The van der Waals surface area contributed by atoms with E-state index in [4.69, 9.17) is 5.73 Å². The van der Waals surface area contributed by atoms with Gasteiger partial charge in [0.25, 0.3) is 5.91 Å². The van der Waals surface area contributed by atoms with Gasteiger partial charge in [0.1, 0.15) is 11.6 Å². The number of aliphatic hydroxyl groups is 1. The Morgan fingerprint density at radius 3 is 3.10 bits per heavy atom. The summed E-state index contributed by atoms with van der Waals surface area (Å²) >= 11 is 0. The highest BCUT2D eigenvalue weighted by molar-refractivity contribution is 5.98. The molecule has 2 aliphatic rings. The van der Waals surface area contributed by atoms with Gasteiger partial charge in [0, 0.05) is 19.0 Å². The highest BCUT2D eigenvalue weighted by atomic mass is 19.1. The van der Waals surface area contributed by atoms with Crippen LogP contribution in [0.1, 0.15) is 42.5 Å². The zero-order valence-electron chi connectivity index (χ0n) is 11.9. The molecule has 3 rings (SSSR count). The number of carbonyl (C=O) groups excluding carboxylic acids is 1. The topological polar surface area (TPSA) is 79.5 Å². The summed E-state index contributed by atoms with van der Waals surface area (Å²) in [6.07, 6.45) is 5.44. The van der Waals surface area contributed by atoms with Gasteiger partial charge in [-0.05, 0) is 25.3 Å². The molecule has 21 heavy (non-hydrogen) atoms. The molecular formula is C15H20FN3O2. The number of aromatic nitrogens is 1. The Bertz CT molecular complexity index is 566. The van der Waals surface area contributed by atoms with E-state index in [-0.39, 0.29) is 23.2 Å². The minimum Gasteiger partial charge on any atom is -0.389 e. The number of anilines is 1. The Morgan fingerprint density at radius 1 is 1.48 bits per heavy atom. The number of hydrogen-bond donors (Lipinski definition) is 2. The first-order valence-electron chi connectivity index (χ1n) is 7.42. The van der Waals surface area contributed by atoms with E-state index in [1.54, 1.807) is 4.90 Å². The van der Waals surface area contributed by atoms with Crippen LogP contribution in [0.2, 0.25) is 0 Å². The van der Waals surface area contributed by atoms with Crippen LogP contribution in [0.15, 0.2) is 12.3 Å². The van der Waals surface area contributed by atoms with Crippen molar-refractivity contribution in [3.63, 3.8) is 0 Å². The van der Waals surface area contributed by atoms with E-state index in [0.29, 0.717) is 19.5 Å². The molecule has 6 heteroatoms. The Morgan fingerprint density at radius 2 is 2.29 bits per heavy atom. The fraction of sp³-hybridized carbons (Fsp3) is 0.600. The second-order valence-electron chi connectivity index (χ2n) is 6.13. The van der Waals surface area contributed by atoms with Gasteiger partial charge in [0.05, 0.1) is 17.4 Å². The lowest BCUT2D eigenvalue weighted by molar-refractivity contribution is -0.0886. The molecule has 1 aliphatic carbocycles. The van der Waals surface area contributed by atoms with Gasteiger partial charge in [-0.3, -0.25) is 4.79 Å². The molecular weight excluding hydrogens is 273 g/mol. The van der Waals surface area contributed by atoms with Crippen LogP contribution >= 0.6 is 0 Å². The van der Waals surface area contributed by atoms with Crippen LogP contribution < -0.4 is 5.73 Å². The van der Waals surface area contributed by atoms with Crippen molar-refractivity contribution in [1.82, 2.24) is 9.88 Å². The van der Waals surface area contributed by atoms with Crippen LogP contribution in [0.3, 0.4) is 0 Å². The van der Waals surface area contributed by atoms with Gasteiger partial charge in [-0.25, -0.2) is 9.37 Å². The van der Waals surface area contributed by atoms with E-state index in [0.717, 1.165) is 37.9 Å². The van der Waals surface area contributed by atoms with Gasteiger partial charge in [-0.15, -0.1) is 0 Å². The minimum atomic E-state index is -0.638. The van der Waals surface area contributed by atoms with Gasteiger partial charge in [0.15, 0.2) is 0 Å². The summed E-state index contributed by atoms with van der Waals surface area (Å²) in [7, 11) is 0. The lowest BCUT2D eigenvalue weighted by Gasteiger charge is -2.47. The number of amides is 1. The number of hydrogen-bond acceptors (Lipinski definition) is 4. The maximum Gasteiger partial charge on any atom is 0.257 e. The number of nitrogens with two attached hydrogens (primary N) is 1. The lowest BCUT2D eigenvalue weighted by Crippen LogP contribution is -2.54. The third-order valence-electron chi connectivity index (χ3n) is 4.83. The summed E-state index contributed by atoms with van der Waals surface area (Å²) in [5, 5.41) is 10.6. The van der Waals surface area contributed by atoms with Crippen LogP contribution in [-0.2, 0) is 0 Å². The van der Waals surface area contributed by atoms with Crippen LogP contribution in [0, 0.1) is 11.7 Å². The Hall–Kier alpha value is -1.69. The predicted molar refractivity (Wildman–Crippen MR) is 76.0 cm³/mol. The SMILES string of the molecule is Nc1ncc(F)cc1C(=O)N1CCC2(O)CCCCC2C1. The van der Waals surface area contributed by atoms with Crippen molar-refractivity contribution in [2.45, 2.75) is 37.7 Å². The fourth-order valence-electron chi connectivity index (χ4n) is 3.55. The normalized spacial score (nSPS) is 29.0. The first kappa shape index (κ1) is 14.3. The molecule has 2 unspecified atom stereocenters.